The molecule has 12 heavy (non-hydrogen) atoms. The molecule has 1 aromatic heterocycles. The molecule has 1 heterocycles. The Kier molecular flexibility index (Phi) is 4.39. The molecule has 0 aromatic carbocycles. The zero-order valence-corrected chi connectivity index (χ0v) is 7.08. The molecular weight excluding hydrogens is 182 g/mol. The molecule has 5 heteroatoms. The molecule has 0 aliphatic carbocycles. The monoisotopic (exact) mass is 191 g/mol. The van der Waals surface area contributed by atoms with E-state index in [4.69, 9.17) is 15.3 Å². The normalized spacial score (nSPS) is 11.8. The number of carboxylic acids is 1. The van der Waals surface area contributed by atoms with Crippen molar-refractivity contribution in [2.45, 2.75) is 12.5 Å². The van der Waals surface area contributed by atoms with E-state index in [1.54, 1.807) is 6.07 Å². The number of rotatable bonds is 3. The van der Waals surface area contributed by atoms with Crippen molar-refractivity contribution in [2.24, 2.45) is 5.73 Å². The molecule has 1 aromatic rings. The van der Waals surface area contributed by atoms with Crippen molar-refractivity contribution in [1.29, 1.82) is 0 Å². The highest BCUT2D eigenvalue weighted by Gasteiger charge is 2.11. The van der Waals surface area contributed by atoms with Gasteiger partial charge in [0.2, 0.25) is 0 Å². The standard InChI is InChI=1S/C7H9NO3.ClH/c8-6(7(9)10)3-5-1-2-11-4-5;/h1-2,4,6H,3,8H2,(H,9,10);1H/t6-;/m0./s1. The number of carboxylic acid groups (broad SMARTS) is 1. The average molecular weight is 192 g/mol. The summed E-state index contributed by atoms with van der Waals surface area (Å²) in [7, 11) is 0. The lowest BCUT2D eigenvalue weighted by molar-refractivity contribution is -0.138. The quantitative estimate of drug-likeness (QED) is 0.736. The lowest BCUT2D eigenvalue weighted by atomic mass is 10.1. The second-order valence-corrected chi connectivity index (χ2v) is 2.28. The molecule has 0 aliphatic rings. The summed E-state index contributed by atoms with van der Waals surface area (Å²) in [4.78, 5) is 10.3. The molecule has 0 saturated heterocycles. The fourth-order valence-corrected chi connectivity index (χ4v) is 0.750. The van der Waals surface area contributed by atoms with E-state index in [1.165, 1.54) is 12.5 Å². The summed E-state index contributed by atoms with van der Waals surface area (Å²) in [5.41, 5.74) is 6.07. The minimum Gasteiger partial charge on any atom is -0.480 e. The van der Waals surface area contributed by atoms with Crippen molar-refractivity contribution in [2.75, 3.05) is 0 Å². The van der Waals surface area contributed by atoms with Crippen molar-refractivity contribution in [3.05, 3.63) is 24.2 Å². The summed E-state index contributed by atoms with van der Waals surface area (Å²) >= 11 is 0. The first kappa shape index (κ1) is 11.0. The van der Waals surface area contributed by atoms with Crippen LogP contribution in [-0.2, 0) is 11.2 Å². The molecule has 0 spiro atoms. The number of furan rings is 1. The Bertz CT molecular complexity index is 235. The van der Waals surface area contributed by atoms with Crippen LogP contribution >= 0.6 is 12.4 Å². The van der Waals surface area contributed by atoms with Gasteiger partial charge in [0.25, 0.3) is 0 Å². The Morgan fingerprint density at radius 3 is 2.83 bits per heavy atom. The number of aliphatic carboxylic acids is 1. The van der Waals surface area contributed by atoms with Gasteiger partial charge in [-0.3, -0.25) is 4.79 Å². The minimum atomic E-state index is -0.994. The van der Waals surface area contributed by atoms with Crippen LogP contribution in [0.5, 0.6) is 0 Å². The largest absolute Gasteiger partial charge is 0.480 e. The summed E-state index contributed by atoms with van der Waals surface area (Å²) in [6, 6.07) is 0.857. The smallest absolute Gasteiger partial charge is 0.320 e. The van der Waals surface area contributed by atoms with Crippen molar-refractivity contribution in [3.63, 3.8) is 0 Å². The van der Waals surface area contributed by atoms with E-state index in [9.17, 15) is 4.79 Å². The zero-order chi connectivity index (χ0) is 8.27. The van der Waals surface area contributed by atoms with E-state index in [0.29, 0.717) is 6.42 Å². The van der Waals surface area contributed by atoms with Crippen LogP contribution in [0.4, 0.5) is 0 Å². The summed E-state index contributed by atoms with van der Waals surface area (Å²) < 4.78 is 4.75. The second kappa shape index (κ2) is 4.79. The van der Waals surface area contributed by atoms with E-state index in [2.05, 4.69) is 0 Å². The first-order chi connectivity index (χ1) is 5.20. The Morgan fingerprint density at radius 2 is 2.42 bits per heavy atom. The molecule has 1 rings (SSSR count). The number of halogens is 1. The van der Waals surface area contributed by atoms with Gasteiger partial charge in [-0.05, 0) is 11.6 Å². The predicted octanol–water partition coefficient (Wildman–Crippen LogP) is 0.656. The van der Waals surface area contributed by atoms with Gasteiger partial charge >= 0.3 is 5.97 Å². The van der Waals surface area contributed by atoms with Crippen molar-refractivity contribution < 1.29 is 14.3 Å². The lowest BCUT2D eigenvalue weighted by Crippen LogP contribution is -2.32. The zero-order valence-electron chi connectivity index (χ0n) is 6.27. The van der Waals surface area contributed by atoms with Gasteiger partial charge in [0.15, 0.2) is 0 Å². The lowest BCUT2D eigenvalue weighted by Gasteiger charge is -2.01. The molecule has 0 fully saturated rings. The van der Waals surface area contributed by atoms with Gasteiger partial charge in [0, 0.05) is 6.42 Å². The van der Waals surface area contributed by atoms with Gasteiger partial charge in [-0.1, -0.05) is 0 Å². The topological polar surface area (TPSA) is 76.5 Å². The molecule has 0 saturated carbocycles. The number of hydrogen-bond acceptors (Lipinski definition) is 3. The molecular formula is C7H10ClNO3. The van der Waals surface area contributed by atoms with Crippen LogP contribution in [0.3, 0.4) is 0 Å². The molecule has 4 nitrogen and oxygen atoms in total. The first-order valence-electron chi connectivity index (χ1n) is 3.19. The third-order valence-corrected chi connectivity index (χ3v) is 1.35. The van der Waals surface area contributed by atoms with Crippen LogP contribution in [-0.4, -0.2) is 17.1 Å². The fourth-order valence-electron chi connectivity index (χ4n) is 0.750. The number of carbonyl (C=O) groups is 1. The van der Waals surface area contributed by atoms with Crippen LogP contribution < -0.4 is 5.73 Å². The van der Waals surface area contributed by atoms with Gasteiger partial charge in [0.1, 0.15) is 6.04 Å². The molecule has 0 bridgehead atoms. The van der Waals surface area contributed by atoms with E-state index in [-0.39, 0.29) is 12.4 Å². The third kappa shape index (κ3) is 2.94. The van der Waals surface area contributed by atoms with Gasteiger partial charge in [-0.15, -0.1) is 12.4 Å². The Morgan fingerprint density at radius 1 is 1.75 bits per heavy atom. The molecule has 0 amide bonds. The highest BCUT2D eigenvalue weighted by atomic mass is 35.5. The SMILES string of the molecule is Cl.N[C@@H](Cc1ccoc1)C(=O)O. The first-order valence-corrected chi connectivity index (χ1v) is 3.19. The van der Waals surface area contributed by atoms with Crippen LogP contribution in [0.15, 0.2) is 23.0 Å². The Balaban J connectivity index is 0.00000121. The number of nitrogens with two attached hydrogens (primary N) is 1. The van der Waals surface area contributed by atoms with E-state index in [1.807, 2.05) is 0 Å². The van der Waals surface area contributed by atoms with Crippen molar-refractivity contribution >= 4 is 18.4 Å². The van der Waals surface area contributed by atoms with Gasteiger partial charge < -0.3 is 15.3 Å². The van der Waals surface area contributed by atoms with Gasteiger partial charge in [-0.25, -0.2) is 0 Å². The summed E-state index contributed by atoms with van der Waals surface area (Å²) in [6.07, 6.45) is 3.29. The molecule has 3 N–H and O–H groups in total. The molecule has 0 aliphatic heterocycles. The third-order valence-electron chi connectivity index (χ3n) is 1.35. The summed E-state index contributed by atoms with van der Waals surface area (Å²) in [5.74, 6) is -0.994. The molecule has 1 atom stereocenters. The van der Waals surface area contributed by atoms with Crippen LogP contribution in [0.1, 0.15) is 5.56 Å². The summed E-state index contributed by atoms with van der Waals surface area (Å²) in [6.45, 7) is 0. The van der Waals surface area contributed by atoms with Crippen LogP contribution in [0.25, 0.3) is 0 Å². The maximum absolute atomic E-state index is 10.3. The highest BCUT2D eigenvalue weighted by molar-refractivity contribution is 5.85. The van der Waals surface area contributed by atoms with Gasteiger partial charge in [-0.2, -0.15) is 0 Å². The Hall–Kier alpha value is -1.00. The highest BCUT2D eigenvalue weighted by Crippen LogP contribution is 2.02. The van der Waals surface area contributed by atoms with Crippen LogP contribution in [0, 0.1) is 0 Å². The van der Waals surface area contributed by atoms with E-state index >= 15 is 0 Å². The number of hydrogen-bond donors (Lipinski definition) is 2. The predicted molar refractivity (Wildman–Crippen MR) is 45.3 cm³/mol. The van der Waals surface area contributed by atoms with Crippen molar-refractivity contribution in [3.8, 4) is 0 Å². The van der Waals surface area contributed by atoms with E-state index in [0.717, 1.165) is 5.56 Å². The van der Waals surface area contributed by atoms with Gasteiger partial charge in [0.05, 0.1) is 12.5 Å². The minimum absolute atomic E-state index is 0. The van der Waals surface area contributed by atoms with E-state index < -0.39 is 12.0 Å². The molecule has 0 unspecified atom stereocenters. The summed E-state index contributed by atoms with van der Waals surface area (Å²) in [5, 5.41) is 8.43. The Labute approximate surface area is 75.8 Å². The maximum Gasteiger partial charge on any atom is 0.320 e. The molecule has 68 valence electrons. The van der Waals surface area contributed by atoms with Crippen LogP contribution in [0.2, 0.25) is 0 Å². The second-order valence-electron chi connectivity index (χ2n) is 2.28. The molecule has 0 radical (unpaired) electrons. The fraction of sp³-hybridized carbons (Fsp3) is 0.286. The average Bonchev–Trinajstić information content (AvgIpc) is 2.39. The van der Waals surface area contributed by atoms with Crippen molar-refractivity contribution in [1.82, 2.24) is 0 Å². The maximum atomic E-state index is 10.3.